The van der Waals surface area contributed by atoms with E-state index >= 15 is 0 Å². The predicted molar refractivity (Wildman–Crippen MR) is 46.7 cm³/mol. The fourth-order valence-corrected chi connectivity index (χ4v) is 0.495. The highest BCUT2D eigenvalue weighted by atomic mass is 35.5. The van der Waals surface area contributed by atoms with Gasteiger partial charge in [-0.25, -0.2) is 0 Å². The molecule has 2 nitrogen and oxygen atoms in total. The third-order valence-corrected chi connectivity index (χ3v) is 1.37. The molecule has 0 aliphatic rings. The standard InChI is InChI=1S/C8H13ClO2/c1-7(8(2)9)6-11-5-3-4-10/h10H,1-6H2. The van der Waals surface area contributed by atoms with Crippen molar-refractivity contribution in [2.45, 2.75) is 6.42 Å². The van der Waals surface area contributed by atoms with Gasteiger partial charge in [-0.1, -0.05) is 24.8 Å². The number of rotatable bonds is 6. The summed E-state index contributed by atoms with van der Waals surface area (Å²) < 4.78 is 5.09. The van der Waals surface area contributed by atoms with Crippen LogP contribution < -0.4 is 0 Å². The summed E-state index contributed by atoms with van der Waals surface area (Å²) in [5, 5.41) is 8.82. The first-order valence-corrected chi connectivity index (χ1v) is 3.77. The van der Waals surface area contributed by atoms with Crippen LogP contribution >= 0.6 is 11.6 Å². The lowest BCUT2D eigenvalue weighted by Gasteiger charge is -2.03. The van der Waals surface area contributed by atoms with Gasteiger partial charge in [0.1, 0.15) is 0 Å². The van der Waals surface area contributed by atoms with Crippen molar-refractivity contribution in [3.63, 3.8) is 0 Å². The Morgan fingerprint density at radius 3 is 2.55 bits per heavy atom. The molecule has 0 aromatic heterocycles. The molecule has 11 heavy (non-hydrogen) atoms. The molecule has 0 saturated carbocycles. The first-order valence-electron chi connectivity index (χ1n) is 3.39. The quantitative estimate of drug-likeness (QED) is 0.493. The number of halogens is 1. The average molecular weight is 177 g/mol. The van der Waals surface area contributed by atoms with Crippen LogP contribution in [0.2, 0.25) is 0 Å². The Morgan fingerprint density at radius 2 is 2.09 bits per heavy atom. The maximum Gasteiger partial charge on any atom is 0.0725 e. The second-order valence-corrected chi connectivity index (χ2v) is 2.59. The summed E-state index contributed by atoms with van der Waals surface area (Å²) in [7, 11) is 0. The van der Waals surface area contributed by atoms with Crippen LogP contribution in [0, 0.1) is 0 Å². The van der Waals surface area contributed by atoms with Crippen LogP contribution in [0.15, 0.2) is 23.8 Å². The molecule has 0 radical (unpaired) electrons. The van der Waals surface area contributed by atoms with E-state index in [4.69, 9.17) is 21.4 Å². The van der Waals surface area contributed by atoms with Crippen molar-refractivity contribution in [2.24, 2.45) is 0 Å². The van der Waals surface area contributed by atoms with Crippen LogP contribution in [0.3, 0.4) is 0 Å². The normalized spacial score (nSPS) is 9.64. The van der Waals surface area contributed by atoms with Gasteiger partial charge in [0.25, 0.3) is 0 Å². The van der Waals surface area contributed by atoms with Crippen LogP contribution in [0.25, 0.3) is 0 Å². The molecule has 0 amide bonds. The van der Waals surface area contributed by atoms with Crippen LogP contribution in [-0.2, 0) is 4.74 Å². The Labute approximate surface area is 72.1 Å². The van der Waals surface area contributed by atoms with Gasteiger partial charge in [0.15, 0.2) is 0 Å². The lowest BCUT2D eigenvalue weighted by atomic mass is 10.3. The number of hydrogen-bond acceptors (Lipinski definition) is 2. The summed E-state index contributed by atoms with van der Waals surface area (Å²) in [5.41, 5.74) is 0.685. The van der Waals surface area contributed by atoms with E-state index in [1.54, 1.807) is 0 Å². The fourth-order valence-electron chi connectivity index (χ4n) is 0.440. The molecule has 3 heteroatoms. The van der Waals surface area contributed by atoms with E-state index in [1.165, 1.54) is 0 Å². The van der Waals surface area contributed by atoms with Gasteiger partial charge in [-0.05, 0) is 12.0 Å². The zero-order valence-electron chi connectivity index (χ0n) is 6.48. The molecule has 0 saturated heterocycles. The van der Waals surface area contributed by atoms with Gasteiger partial charge in [-0.3, -0.25) is 0 Å². The topological polar surface area (TPSA) is 29.5 Å². The number of ether oxygens (including phenoxy) is 1. The Kier molecular flexibility index (Phi) is 6.22. The molecular weight excluding hydrogens is 164 g/mol. The Balaban J connectivity index is 3.25. The predicted octanol–water partition coefficient (Wildman–Crippen LogP) is 1.69. The van der Waals surface area contributed by atoms with Gasteiger partial charge in [0.05, 0.1) is 6.61 Å². The summed E-state index contributed by atoms with van der Waals surface area (Å²) in [4.78, 5) is 0. The van der Waals surface area contributed by atoms with Gasteiger partial charge in [-0.15, -0.1) is 0 Å². The summed E-state index contributed by atoms with van der Waals surface area (Å²) in [6.07, 6.45) is 0.641. The molecular formula is C8H13ClO2. The van der Waals surface area contributed by atoms with Crippen molar-refractivity contribution >= 4 is 11.6 Å². The van der Waals surface area contributed by atoms with Gasteiger partial charge in [-0.2, -0.15) is 0 Å². The molecule has 0 spiro atoms. The van der Waals surface area contributed by atoms with Crippen molar-refractivity contribution in [3.05, 3.63) is 23.8 Å². The average Bonchev–Trinajstić information content (AvgIpc) is 1.97. The Bertz CT molecular complexity index is 143. The summed E-state index contributed by atoms with van der Waals surface area (Å²) in [6.45, 7) is 8.19. The number of aliphatic hydroxyl groups is 1. The third kappa shape index (κ3) is 6.10. The molecule has 0 aromatic rings. The SMILES string of the molecule is C=C(Cl)C(=C)COCCCO. The highest BCUT2D eigenvalue weighted by molar-refractivity contribution is 6.31. The zero-order chi connectivity index (χ0) is 8.69. The van der Waals surface area contributed by atoms with Crippen molar-refractivity contribution in [1.82, 2.24) is 0 Å². The van der Waals surface area contributed by atoms with Crippen LogP contribution in [0.1, 0.15) is 6.42 Å². The van der Waals surface area contributed by atoms with Gasteiger partial charge in [0, 0.05) is 18.2 Å². The van der Waals surface area contributed by atoms with Crippen molar-refractivity contribution < 1.29 is 9.84 Å². The third-order valence-electron chi connectivity index (χ3n) is 1.11. The highest BCUT2D eigenvalue weighted by Crippen LogP contribution is 2.09. The van der Waals surface area contributed by atoms with E-state index in [0.29, 0.717) is 30.2 Å². The maximum absolute atomic E-state index is 8.39. The van der Waals surface area contributed by atoms with E-state index in [-0.39, 0.29) is 6.61 Å². The van der Waals surface area contributed by atoms with E-state index in [9.17, 15) is 0 Å². The monoisotopic (exact) mass is 176 g/mol. The first-order chi connectivity index (χ1) is 5.18. The molecule has 0 bridgehead atoms. The molecule has 1 N–H and O–H groups in total. The lowest BCUT2D eigenvalue weighted by molar-refractivity contribution is 0.135. The summed E-state index contributed by atoms with van der Waals surface area (Å²) in [6, 6.07) is 0. The van der Waals surface area contributed by atoms with Crippen LogP contribution in [0.5, 0.6) is 0 Å². The smallest absolute Gasteiger partial charge is 0.0725 e. The van der Waals surface area contributed by atoms with Gasteiger partial charge in [0.2, 0.25) is 0 Å². The molecule has 0 aliphatic carbocycles. The number of aliphatic hydroxyl groups excluding tert-OH is 1. The minimum atomic E-state index is 0.147. The molecule has 64 valence electrons. The maximum atomic E-state index is 8.39. The second kappa shape index (κ2) is 6.40. The highest BCUT2D eigenvalue weighted by Gasteiger charge is 1.95. The summed E-state index contributed by atoms with van der Waals surface area (Å²) >= 11 is 5.52. The molecule has 0 rings (SSSR count). The van der Waals surface area contributed by atoms with Crippen molar-refractivity contribution in [3.8, 4) is 0 Å². The molecule has 0 unspecified atom stereocenters. The minimum absolute atomic E-state index is 0.147. The molecule has 0 atom stereocenters. The summed E-state index contributed by atoms with van der Waals surface area (Å²) in [5.74, 6) is 0. The van der Waals surface area contributed by atoms with E-state index in [2.05, 4.69) is 13.2 Å². The lowest BCUT2D eigenvalue weighted by Crippen LogP contribution is -2.00. The first kappa shape index (κ1) is 10.7. The van der Waals surface area contributed by atoms with Gasteiger partial charge >= 0.3 is 0 Å². The van der Waals surface area contributed by atoms with Crippen LogP contribution in [0.4, 0.5) is 0 Å². The largest absolute Gasteiger partial charge is 0.396 e. The fraction of sp³-hybridized carbons (Fsp3) is 0.500. The van der Waals surface area contributed by atoms with Crippen molar-refractivity contribution in [2.75, 3.05) is 19.8 Å². The van der Waals surface area contributed by atoms with E-state index < -0.39 is 0 Å². The van der Waals surface area contributed by atoms with Crippen LogP contribution in [-0.4, -0.2) is 24.9 Å². The molecule has 0 aliphatic heterocycles. The molecule has 0 heterocycles. The molecule has 0 fully saturated rings. The van der Waals surface area contributed by atoms with Gasteiger partial charge < -0.3 is 9.84 Å². The molecule has 0 aromatic carbocycles. The zero-order valence-corrected chi connectivity index (χ0v) is 7.23. The Hall–Kier alpha value is -0.310. The van der Waals surface area contributed by atoms with E-state index in [1.807, 2.05) is 0 Å². The minimum Gasteiger partial charge on any atom is -0.396 e. The second-order valence-electron chi connectivity index (χ2n) is 2.14. The Morgan fingerprint density at radius 1 is 1.45 bits per heavy atom. The number of hydrogen-bond donors (Lipinski definition) is 1. The van der Waals surface area contributed by atoms with E-state index in [0.717, 1.165) is 0 Å². The van der Waals surface area contributed by atoms with Crippen molar-refractivity contribution in [1.29, 1.82) is 0 Å².